The maximum Gasteiger partial charge on any atom is 0.0701 e. The van der Waals surface area contributed by atoms with Gasteiger partial charge in [0.2, 0.25) is 0 Å². The Labute approximate surface area is 120 Å². The Morgan fingerprint density at radius 3 is 2.80 bits per heavy atom. The van der Waals surface area contributed by atoms with E-state index in [1.54, 1.807) is 6.20 Å². The molecule has 0 aromatic carbocycles. The highest BCUT2D eigenvalue weighted by atomic mass is 16.5. The Morgan fingerprint density at radius 1 is 1.50 bits per heavy atom. The lowest BCUT2D eigenvalue weighted by Crippen LogP contribution is -2.45. The summed E-state index contributed by atoms with van der Waals surface area (Å²) in [5.41, 5.74) is 7.36. The zero-order valence-electron chi connectivity index (χ0n) is 12.1. The zero-order valence-corrected chi connectivity index (χ0v) is 12.1. The van der Waals surface area contributed by atoms with Gasteiger partial charge < -0.3 is 15.6 Å². The molecule has 2 atom stereocenters. The molecule has 112 valence electrons. The molecular weight excluding hydrogens is 254 g/mol. The average molecular weight is 279 g/mol. The highest BCUT2D eigenvalue weighted by Gasteiger charge is 2.28. The zero-order chi connectivity index (χ0) is 14.4. The lowest BCUT2D eigenvalue weighted by Gasteiger charge is -2.39. The molecule has 3 N–H and O–H groups in total. The van der Waals surface area contributed by atoms with Crippen molar-refractivity contribution in [1.82, 2.24) is 9.88 Å². The summed E-state index contributed by atoms with van der Waals surface area (Å²) in [6.45, 7) is 4.52. The van der Waals surface area contributed by atoms with Gasteiger partial charge in [0.15, 0.2) is 0 Å². The number of nitrogens with zero attached hydrogens (tertiary/aromatic N) is 2. The molecule has 0 amide bonds. The first-order valence-corrected chi connectivity index (χ1v) is 7.34. The monoisotopic (exact) mass is 279 g/mol. The first-order valence-electron chi connectivity index (χ1n) is 7.34. The van der Waals surface area contributed by atoms with E-state index < -0.39 is 0 Å². The van der Waals surface area contributed by atoms with E-state index in [0.717, 1.165) is 25.9 Å². The highest BCUT2D eigenvalue weighted by Crippen LogP contribution is 2.27. The van der Waals surface area contributed by atoms with Crippen LogP contribution in [-0.4, -0.2) is 53.4 Å². The van der Waals surface area contributed by atoms with Crippen LogP contribution in [0.5, 0.6) is 0 Å². The van der Waals surface area contributed by atoms with Crippen LogP contribution in [0, 0.1) is 0 Å². The fourth-order valence-corrected chi connectivity index (χ4v) is 2.94. The Hall–Kier alpha value is -1.01. The molecular formula is C15H25N3O2. The molecule has 2 unspecified atom stereocenters. The van der Waals surface area contributed by atoms with Crippen LogP contribution in [0.25, 0.3) is 0 Å². The minimum absolute atomic E-state index is 0.0640. The molecule has 0 saturated carbocycles. The normalized spacial score (nSPS) is 20.8. The van der Waals surface area contributed by atoms with Crippen LogP contribution in [0.1, 0.15) is 31.4 Å². The fraction of sp³-hybridized carbons (Fsp3) is 0.667. The van der Waals surface area contributed by atoms with Crippen molar-refractivity contribution in [1.29, 1.82) is 0 Å². The number of rotatable bonds is 6. The minimum atomic E-state index is 0.0640. The summed E-state index contributed by atoms with van der Waals surface area (Å²) in [6, 6.07) is 4.33. The van der Waals surface area contributed by atoms with Crippen molar-refractivity contribution in [2.24, 2.45) is 5.73 Å². The van der Waals surface area contributed by atoms with Crippen molar-refractivity contribution in [3.63, 3.8) is 0 Å². The van der Waals surface area contributed by atoms with Gasteiger partial charge in [-0.2, -0.15) is 0 Å². The number of hydrogen-bond donors (Lipinski definition) is 2. The highest BCUT2D eigenvalue weighted by molar-refractivity contribution is 5.16. The number of piperidine rings is 1. The van der Waals surface area contributed by atoms with Gasteiger partial charge in [0.05, 0.1) is 25.4 Å². The number of likely N-dealkylation sites (tertiary alicyclic amines) is 1. The molecule has 1 aromatic rings. The standard InChI is InChI=1S/C15H25N3O2/c1-12(16)15(13-3-2-6-17-11-13)18-7-4-14(5-8-18)20-10-9-19/h2-3,6,11-12,14-15,19H,4-5,7-10,16H2,1H3. The molecule has 5 heteroatoms. The lowest BCUT2D eigenvalue weighted by molar-refractivity contribution is -0.0173. The topological polar surface area (TPSA) is 71.6 Å². The molecule has 2 rings (SSSR count). The molecule has 1 aromatic heterocycles. The Kier molecular flexibility index (Phi) is 5.91. The van der Waals surface area contributed by atoms with Gasteiger partial charge in [-0.25, -0.2) is 0 Å². The predicted octanol–water partition coefficient (Wildman–Crippen LogP) is 0.943. The van der Waals surface area contributed by atoms with Crippen molar-refractivity contribution in [3.05, 3.63) is 30.1 Å². The SMILES string of the molecule is CC(N)C(c1cccnc1)N1CCC(OCCO)CC1. The molecule has 1 aliphatic rings. The van der Waals surface area contributed by atoms with E-state index in [1.165, 1.54) is 5.56 Å². The van der Waals surface area contributed by atoms with Crippen LogP contribution in [0.2, 0.25) is 0 Å². The summed E-state index contributed by atoms with van der Waals surface area (Å²) < 4.78 is 5.61. The van der Waals surface area contributed by atoms with E-state index >= 15 is 0 Å². The van der Waals surface area contributed by atoms with Gasteiger partial charge in [0, 0.05) is 31.5 Å². The molecule has 1 saturated heterocycles. The number of aliphatic hydroxyl groups is 1. The number of aromatic nitrogens is 1. The van der Waals surface area contributed by atoms with Crippen LogP contribution >= 0.6 is 0 Å². The number of hydrogen-bond acceptors (Lipinski definition) is 5. The van der Waals surface area contributed by atoms with E-state index in [4.69, 9.17) is 15.6 Å². The average Bonchev–Trinajstić information content (AvgIpc) is 2.47. The Bertz CT molecular complexity index is 378. The Morgan fingerprint density at radius 2 is 2.25 bits per heavy atom. The van der Waals surface area contributed by atoms with E-state index in [2.05, 4.69) is 16.0 Å². The number of pyridine rings is 1. The molecule has 5 nitrogen and oxygen atoms in total. The molecule has 0 radical (unpaired) electrons. The van der Waals surface area contributed by atoms with E-state index in [-0.39, 0.29) is 24.8 Å². The number of ether oxygens (including phenoxy) is 1. The van der Waals surface area contributed by atoms with E-state index in [0.29, 0.717) is 6.61 Å². The number of aliphatic hydroxyl groups excluding tert-OH is 1. The van der Waals surface area contributed by atoms with Crippen LogP contribution < -0.4 is 5.73 Å². The molecule has 0 aliphatic carbocycles. The van der Waals surface area contributed by atoms with Gasteiger partial charge in [0.1, 0.15) is 0 Å². The van der Waals surface area contributed by atoms with Crippen LogP contribution in [0.3, 0.4) is 0 Å². The maximum atomic E-state index is 8.80. The number of nitrogens with two attached hydrogens (primary N) is 1. The van der Waals surface area contributed by atoms with Crippen LogP contribution in [-0.2, 0) is 4.74 Å². The van der Waals surface area contributed by atoms with Crippen molar-refractivity contribution in [2.45, 2.75) is 38.0 Å². The van der Waals surface area contributed by atoms with E-state index in [9.17, 15) is 0 Å². The second-order valence-electron chi connectivity index (χ2n) is 5.42. The van der Waals surface area contributed by atoms with Crippen molar-refractivity contribution < 1.29 is 9.84 Å². The molecule has 2 heterocycles. The predicted molar refractivity (Wildman–Crippen MR) is 78.3 cm³/mol. The Balaban J connectivity index is 1.96. The third-order valence-corrected chi connectivity index (χ3v) is 3.84. The summed E-state index contributed by atoms with van der Waals surface area (Å²) in [5, 5.41) is 8.80. The van der Waals surface area contributed by atoms with Gasteiger partial charge in [0.25, 0.3) is 0 Å². The molecule has 1 aliphatic heterocycles. The van der Waals surface area contributed by atoms with Gasteiger partial charge in [-0.3, -0.25) is 9.88 Å². The quantitative estimate of drug-likeness (QED) is 0.811. The largest absolute Gasteiger partial charge is 0.394 e. The molecule has 0 spiro atoms. The van der Waals surface area contributed by atoms with Gasteiger partial charge in [-0.15, -0.1) is 0 Å². The summed E-state index contributed by atoms with van der Waals surface area (Å²) in [4.78, 5) is 6.62. The van der Waals surface area contributed by atoms with Gasteiger partial charge in [-0.1, -0.05) is 6.07 Å². The van der Waals surface area contributed by atoms with Gasteiger partial charge >= 0.3 is 0 Å². The lowest BCUT2D eigenvalue weighted by atomic mass is 9.97. The summed E-state index contributed by atoms with van der Waals surface area (Å²) in [6.07, 6.45) is 5.94. The third kappa shape index (κ3) is 3.99. The first kappa shape index (κ1) is 15.4. The van der Waals surface area contributed by atoms with Crippen molar-refractivity contribution in [2.75, 3.05) is 26.3 Å². The molecule has 0 bridgehead atoms. The third-order valence-electron chi connectivity index (χ3n) is 3.84. The second-order valence-corrected chi connectivity index (χ2v) is 5.42. The summed E-state index contributed by atoms with van der Waals surface area (Å²) in [7, 11) is 0. The summed E-state index contributed by atoms with van der Waals surface area (Å²) in [5.74, 6) is 0. The molecule has 20 heavy (non-hydrogen) atoms. The molecule has 1 fully saturated rings. The maximum absolute atomic E-state index is 8.80. The first-order chi connectivity index (χ1) is 9.72. The van der Waals surface area contributed by atoms with Crippen molar-refractivity contribution >= 4 is 0 Å². The van der Waals surface area contributed by atoms with Crippen LogP contribution in [0.15, 0.2) is 24.5 Å². The van der Waals surface area contributed by atoms with Crippen LogP contribution in [0.4, 0.5) is 0 Å². The van der Waals surface area contributed by atoms with Gasteiger partial charge in [-0.05, 0) is 31.4 Å². The smallest absolute Gasteiger partial charge is 0.0701 e. The minimum Gasteiger partial charge on any atom is -0.394 e. The second kappa shape index (κ2) is 7.69. The fourth-order valence-electron chi connectivity index (χ4n) is 2.94. The van der Waals surface area contributed by atoms with Crippen molar-refractivity contribution in [3.8, 4) is 0 Å². The van der Waals surface area contributed by atoms with E-state index in [1.807, 2.05) is 19.2 Å². The summed E-state index contributed by atoms with van der Waals surface area (Å²) >= 11 is 0.